The van der Waals surface area contributed by atoms with E-state index in [9.17, 15) is 13.2 Å². The molecule has 0 spiro atoms. The maximum Gasteiger partial charge on any atom is 0.306 e. The zero-order valence-electron chi connectivity index (χ0n) is 8.93. The molecule has 17 heavy (non-hydrogen) atoms. The summed E-state index contributed by atoms with van der Waals surface area (Å²) >= 11 is 0. The SMILES string of the molecule is CS(=O)(=O)Oc1c[nH]c2cc(C(N)=O)ccc12. The van der Waals surface area contributed by atoms with E-state index in [0.717, 1.165) is 6.26 Å². The van der Waals surface area contributed by atoms with Crippen LogP contribution in [0.3, 0.4) is 0 Å². The first-order valence-electron chi connectivity index (χ1n) is 4.67. The zero-order valence-corrected chi connectivity index (χ0v) is 9.74. The minimum absolute atomic E-state index is 0.193. The van der Waals surface area contributed by atoms with E-state index < -0.39 is 16.0 Å². The third kappa shape index (κ3) is 2.39. The molecule has 0 aliphatic heterocycles. The average Bonchev–Trinajstić information content (AvgIpc) is 2.58. The quantitative estimate of drug-likeness (QED) is 0.783. The molecule has 0 atom stereocenters. The van der Waals surface area contributed by atoms with E-state index in [-0.39, 0.29) is 5.75 Å². The summed E-state index contributed by atoms with van der Waals surface area (Å²) in [5.41, 5.74) is 6.05. The first-order chi connectivity index (χ1) is 7.87. The van der Waals surface area contributed by atoms with Crippen molar-refractivity contribution in [1.82, 2.24) is 4.98 Å². The van der Waals surface area contributed by atoms with Gasteiger partial charge in [-0.05, 0) is 18.2 Å². The molecular weight excluding hydrogens is 244 g/mol. The highest BCUT2D eigenvalue weighted by atomic mass is 32.2. The van der Waals surface area contributed by atoms with Crippen LogP contribution in [0.5, 0.6) is 5.75 Å². The molecule has 0 fully saturated rings. The third-order valence-electron chi connectivity index (χ3n) is 2.17. The lowest BCUT2D eigenvalue weighted by atomic mass is 10.1. The van der Waals surface area contributed by atoms with Crippen LogP contribution < -0.4 is 9.92 Å². The lowest BCUT2D eigenvalue weighted by Gasteiger charge is -2.00. The molecule has 1 heterocycles. The number of fused-ring (bicyclic) bond motifs is 1. The topological polar surface area (TPSA) is 102 Å². The summed E-state index contributed by atoms with van der Waals surface area (Å²) in [6.45, 7) is 0. The summed E-state index contributed by atoms with van der Waals surface area (Å²) in [6.07, 6.45) is 2.38. The number of nitrogens with two attached hydrogens (primary N) is 1. The first kappa shape index (κ1) is 11.5. The molecule has 0 saturated carbocycles. The van der Waals surface area contributed by atoms with E-state index in [2.05, 4.69) is 4.98 Å². The molecule has 6 nitrogen and oxygen atoms in total. The van der Waals surface area contributed by atoms with Crippen molar-refractivity contribution >= 4 is 26.9 Å². The van der Waals surface area contributed by atoms with Gasteiger partial charge in [0.25, 0.3) is 0 Å². The van der Waals surface area contributed by atoms with Gasteiger partial charge in [-0.25, -0.2) is 0 Å². The van der Waals surface area contributed by atoms with Crippen LogP contribution >= 0.6 is 0 Å². The fourth-order valence-corrected chi connectivity index (χ4v) is 1.95. The number of rotatable bonds is 3. The van der Waals surface area contributed by atoms with Crippen molar-refractivity contribution in [3.63, 3.8) is 0 Å². The highest BCUT2D eigenvalue weighted by molar-refractivity contribution is 7.86. The van der Waals surface area contributed by atoms with E-state index in [1.165, 1.54) is 18.3 Å². The molecule has 3 N–H and O–H groups in total. The van der Waals surface area contributed by atoms with Crippen molar-refractivity contribution in [3.05, 3.63) is 30.0 Å². The largest absolute Gasteiger partial charge is 0.380 e. The van der Waals surface area contributed by atoms with Gasteiger partial charge in [-0.1, -0.05) is 0 Å². The molecule has 0 unspecified atom stereocenters. The molecule has 1 aromatic heterocycles. The second kappa shape index (κ2) is 3.77. The zero-order chi connectivity index (χ0) is 12.6. The summed E-state index contributed by atoms with van der Waals surface area (Å²) in [6, 6.07) is 4.62. The highest BCUT2D eigenvalue weighted by Gasteiger charge is 2.11. The van der Waals surface area contributed by atoms with Gasteiger partial charge < -0.3 is 14.9 Å². The van der Waals surface area contributed by atoms with E-state index in [4.69, 9.17) is 9.92 Å². The molecule has 2 rings (SSSR count). The fourth-order valence-electron chi connectivity index (χ4n) is 1.48. The van der Waals surface area contributed by atoms with Gasteiger partial charge in [-0.2, -0.15) is 8.42 Å². The second-order valence-electron chi connectivity index (χ2n) is 3.56. The maximum absolute atomic E-state index is 11.0. The van der Waals surface area contributed by atoms with Crippen LogP contribution in [0.1, 0.15) is 10.4 Å². The Morgan fingerprint density at radius 2 is 2.12 bits per heavy atom. The van der Waals surface area contributed by atoms with E-state index >= 15 is 0 Å². The smallest absolute Gasteiger partial charge is 0.306 e. The molecule has 0 radical (unpaired) electrons. The molecule has 1 aromatic carbocycles. The number of H-pyrrole nitrogens is 1. The standard InChI is InChI=1S/C10H10N2O4S/c1-17(14,15)16-9-5-12-8-4-6(10(11)13)2-3-7(8)9/h2-5,12H,1H3,(H2,11,13). The Balaban J connectivity index is 2.52. The highest BCUT2D eigenvalue weighted by Crippen LogP contribution is 2.26. The summed E-state index contributed by atoms with van der Waals surface area (Å²) in [5, 5.41) is 0.570. The molecule has 90 valence electrons. The van der Waals surface area contributed by atoms with Gasteiger partial charge in [0.1, 0.15) is 0 Å². The van der Waals surface area contributed by atoms with Gasteiger partial charge in [0.2, 0.25) is 5.91 Å². The van der Waals surface area contributed by atoms with E-state index in [0.29, 0.717) is 16.5 Å². The number of amides is 1. The predicted molar refractivity (Wildman–Crippen MR) is 62.3 cm³/mol. The second-order valence-corrected chi connectivity index (χ2v) is 5.14. The molecule has 0 aliphatic rings. The summed E-state index contributed by atoms with van der Waals surface area (Å²) in [5.74, 6) is -0.356. The van der Waals surface area contributed by atoms with Gasteiger partial charge in [-0.15, -0.1) is 0 Å². The van der Waals surface area contributed by atoms with Gasteiger partial charge in [-0.3, -0.25) is 4.79 Å². The van der Waals surface area contributed by atoms with Crippen molar-refractivity contribution in [2.45, 2.75) is 0 Å². The first-order valence-corrected chi connectivity index (χ1v) is 6.49. The minimum Gasteiger partial charge on any atom is -0.380 e. The van der Waals surface area contributed by atoms with Crippen molar-refractivity contribution in [1.29, 1.82) is 0 Å². The Morgan fingerprint density at radius 1 is 1.41 bits per heavy atom. The van der Waals surface area contributed by atoms with Crippen LogP contribution in [-0.4, -0.2) is 25.6 Å². The monoisotopic (exact) mass is 254 g/mol. The number of carbonyl (C=O) groups is 1. The molecule has 2 aromatic rings. The molecule has 0 bridgehead atoms. The fraction of sp³-hybridized carbons (Fsp3) is 0.100. The summed E-state index contributed by atoms with van der Waals surface area (Å²) in [7, 11) is -3.58. The van der Waals surface area contributed by atoms with Crippen molar-refractivity contribution in [2.75, 3.05) is 6.26 Å². The minimum atomic E-state index is -3.58. The van der Waals surface area contributed by atoms with Crippen LogP contribution in [0.25, 0.3) is 10.9 Å². The normalized spacial score (nSPS) is 11.6. The van der Waals surface area contributed by atoms with Crippen LogP contribution in [0, 0.1) is 0 Å². The Bertz CT molecular complexity index is 687. The number of carbonyl (C=O) groups excluding carboxylic acids is 1. The molecule has 0 aliphatic carbocycles. The average molecular weight is 254 g/mol. The van der Waals surface area contributed by atoms with Gasteiger partial charge >= 0.3 is 10.1 Å². The van der Waals surface area contributed by atoms with Crippen LogP contribution in [-0.2, 0) is 10.1 Å². The Kier molecular flexibility index (Phi) is 2.55. The number of primary amides is 1. The van der Waals surface area contributed by atoms with Crippen molar-refractivity contribution < 1.29 is 17.4 Å². The van der Waals surface area contributed by atoms with Crippen LogP contribution in [0.15, 0.2) is 24.4 Å². The van der Waals surface area contributed by atoms with Gasteiger partial charge in [0.15, 0.2) is 5.75 Å². The summed E-state index contributed by atoms with van der Waals surface area (Å²) < 4.78 is 26.8. The molecule has 0 saturated heterocycles. The van der Waals surface area contributed by atoms with Crippen LogP contribution in [0.4, 0.5) is 0 Å². The number of nitrogens with one attached hydrogen (secondary N) is 1. The molecule has 7 heteroatoms. The Hall–Kier alpha value is -2.02. The van der Waals surface area contributed by atoms with Crippen LogP contribution in [0.2, 0.25) is 0 Å². The third-order valence-corrected chi connectivity index (χ3v) is 2.65. The van der Waals surface area contributed by atoms with Gasteiger partial charge in [0, 0.05) is 17.1 Å². The number of benzene rings is 1. The molecule has 1 amide bonds. The van der Waals surface area contributed by atoms with E-state index in [1.807, 2.05) is 0 Å². The van der Waals surface area contributed by atoms with E-state index in [1.54, 1.807) is 6.07 Å². The number of aromatic amines is 1. The van der Waals surface area contributed by atoms with Crippen molar-refractivity contribution in [3.8, 4) is 5.75 Å². The lowest BCUT2D eigenvalue weighted by molar-refractivity contribution is 0.100. The predicted octanol–water partition coefficient (Wildman–Crippen LogP) is 0.605. The van der Waals surface area contributed by atoms with Gasteiger partial charge in [0.05, 0.1) is 11.8 Å². The summed E-state index contributed by atoms with van der Waals surface area (Å²) in [4.78, 5) is 13.8. The van der Waals surface area contributed by atoms with Crippen molar-refractivity contribution in [2.24, 2.45) is 5.73 Å². The molecular formula is C10H10N2O4S. The lowest BCUT2D eigenvalue weighted by Crippen LogP contribution is -2.10. The maximum atomic E-state index is 11.0. The number of aromatic nitrogens is 1. The Labute approximate surface area is 97.5 Å². The Morgan fingerprint density at radius 3 is 2.71 bits per heavy atom. The number of hydrogen-bond donors (Lipinski definition) is 2. The number of hydrogen-bond acceptors (Lipinski definition) is 4.